The van der Waals surface area contributed by atoms with E-state index in [1.54, 1.807) is 24.3 Å². The van der Waals surface area contributed by atoms with Gasteiger partial charge in [0.1, 0.15) is 23.2 Å². The minimum absolute atomic E-state index is 0.0388. The SMILES string of the molecule is CNC(=O)c1c(-c2ccc(F)cc2)oc2cc(N(Cc3ccc(N)c(C#N)c3)S(=O)O)c(C3CC3)cc12. The summed E-state index contributed by atoms with van der Waals surface area (Å²) in [5.74, 6) is -0.334. The third-order valence-corrected chi connectivity index (χ3v) is 7.14. The zero-order chi connectivity index (χ0) is 26.3. The Balaban J connectivity index is 1.68. The van der Waals surface area contributed by atoms with Crippen LogP contribution >= 0.6 is 0 Å². The van der Waals surface area contributed by atoms with Crippen molar-refractivity contribution in [2.24, 2.45) is 0 Å². The first kappa shape index (κ1) is 24.5. The molecule has 1 saturated carbocycles. The van der Waals surface area contributed by atoms with Gasteiger partial charge in [0.2, 0.25) is 0 Å². The Morgan fingerprint density at radius 1 is 1.24 bits per heavy atom. The summed E-state index contributed by atoms with van der Waals surface area (Å²) in [7, 11) is 1.52. The number of nitrogens with zero attached hydrogens (tertiary/aromatic N) is 2. The van der Waals surface area contributed by atoms with Gasteiger partial charge in [0.15, 0.2) is 0 Å². The van der Waals surface area contributed by atoms with Gasteiger partial charge in [-0.1, -0.05) is 6.07 Å². The Morgan fingerprint density at radius 3 is 2.59 bits per heavy atom. The normalized spacial score (nSPS) is 13.8. The molecule has 1 aliphatic carbocycles. The summed E-state index contributed by atoms with van der Waals surface area (Å²) in [5.41, 5.74) is 9.58. The van der Waals surface area contributed by atoms with Gasteiger partial charge in [0, 0.05) is 29.8 Å². The maximum absolute atomic E-state index is 13.6. The maximum atomic E-state index is 13.6. The average Bonchev–Trinajstić information content (AvgIpc) is 3.67. The summed E-state index contributed by atoms with van der Waals surface area (Å²) in [4.78, 5) is 12.9. The van der Waals surface area contributed by atoms with Crippen molar-refractivity contribution in [3.63, 3.8) is 0 Å². The third kappa shape index (κ3) is 4.67. The van der Waals surface area contributed by atoms with Crippen molar-refractivity contribution in [1.82, 2.24) is 5.32 Å². The number of benzene rings is 3. The highest BCUT2D eigenvalue weighted by molar-refractivity contribution is 7.80. The Hall–Kier alpha value is -4.20. The summed E-state index contributed by atoms with van der Waals surface area (Å²) in [5, 5.41) is 12.5. The van der Waals surface area contributed by atoms with E-state index < -0.39 is 17.1 Å². The predicted molar refractivity (Wildman–Crippen MR) is 139 cm³/mol. The van der Waals surface area contributed by atoms with Crippen LogP contribution in [0.5, 0.6) is 0 Å². The van der Waals surface area contributed by atoms with Crippen LogP contribution in [0.1, 0.15) is 45.8 Å². The maximum Gasteiger partial charge on any atom is 0.262 e. The highest BCUT2D eigenvalue weighted by atomic mass is 32.2. The van der Waals surface area contributed by atoms with E-state index in [1.807, 2.05) is 12.1 Å². The Morgan fingerprint density at radius 2 is 1.97 bits per heavy atom. The molecule has 0 radical (unpaired) electrons. The van der Waals surface area contributed by atoms with E-state index in [2.05, 4.69) is 5.32 Å². The molecule has 0 spiro atoms. The minimum Gasteiger partial charge on any atom is -0.455 e. The second kappa shape index (κ2) is 9.69. The van der Waals surface area contributed by atoms with Crippen molar-refractivity contribution in [3.8, 4) is 17.4 Å². The summed E-state index contributed by atoms with van der Waals surface area (Å²) >= 11 is -2.40. The molecule has 0 saturated heterocycles. The number of rotatable bonds is 7. The molecule has 0 bridgehead atoms. The third-order valence-electron chi connectivity index (χ3n) is 6.44. The molecule has 37 heavy (non-hydrogen) atoms. The van der Waals surface area contributed by atoms with Crippen molar-refractivity contribution in [2.75, 3.05) is 17.1 Å². The lowest BCUT2D eigenvalue weighted by Gasteiger charge is -2.23. The number of carbonyl (C=O) groups excluding carboxylic acids is 1. The van der Waals surface area contributed by atoms with Crippen molar-refractivity contribution in [1.29, 1.82) is 5.26 Å². The lowest BCUT2D eigenvalue weighted by Crippen LogP contribution is -2.26. The second-order valence-corrected chi connectivity index (χ2v) is 9.78. The van der Waals surface area contributed by atoms with Gasteiger partial charge in [-0.2, -0.15) is 5.26 Å². The zero-order valence-electron chi connectivity index (χ0n) is 19.8. The van der Waals surface area contributed by atoms with Crippen molar-refractivity contribution in [2.45, 2.75) is 25.3 Å². The van der Waals surface area contributed by atoms with E-state index in [9.17, 15) is 23.2 Å². The van der Waals surface area contributed by atoms with E-state index in [4.69, 9.17) is 10.2 Å². The van der Waals surface area contributed by atoms with Crippen molar-refractivity contribution < 1.29 is 22.4 Å². The number of nitrogens with two attached hydrogens (primary N) is 1. The largest absolute Gasteiger partial charge is 0.455 e. The van der Waals surface area contributed by atoms with E-state index >= 15 is 0 Å². The fourth-order valence-electron chi connectivity index (χ4n) is 4.43. The molecule has 1 heterocycles. The number of nitrogen functional groups attached to an aromatic ring is 1. The van der Waals surface area contributed by atoms with Crippen LogP contribution in [0.2, 0.25) is 0 Å². The monoisotopic (exact) mass is 518 g/mol. The van der Waals surface area contributed by atoms with Gasteiger partial charge in [-0.25, -0.2) is 8.60 Å². The van der Waals surface area contributed by atoms with Crippen LogP contribution in [0.3, 0.4) is 0 Å². The van der Waals surface area contributed by atoms with E-state index in [0.29, 0.717) is 39.0 Å². The molecule has 1 unspecified atom stereocenters. The molecule has 3 aromatic carbocycles. The molecule has 5 rings (SSSR count). The Labute approximate surface area is 214 Å². The van der Waals surface area contributed by atoms with Gasteiger partial charge in [-0.15, -0.1) is 0 Å². The zero-order valence-corrected chi connectivity index (χ0v) is 20.6. The molecule has 1 atom stereocenters. The summed E-state index contributed by atoms with van der Waals surface area (Å²) in [6.45, 7) is 0.0388. The lowest BCUT2D eigenvalue weighted by molar-refractivity contribution is 0.0964. The fourth-order valence-corrected chi connectivity index (χ4v) is 5.02. The number of nitrogens with one attached hydrogen (secondary N) is 1. The van der Waals surface area contributed by atoms with Crippen LogP contribution < -0.4 is 15.4 Å². The molecular weight excluding hydrogens is 495 g/mol. The standard InChI is InChI=1S/C27H23FN4O4S/c1-31-27(33)25-21-11-20(16-3-4-16)23(12-24(21)36-26(25)17-5-7-19(28)8-6-17)32(37(34)35)14-15-2-9-22(30)18(10-15)13-29/h2,5-12,16H,3-4,14,30H2,1H3,(H,31,33)(H,34,35). The molecule has 1 aliphatic rings. The van der Waals surface area contributed by atoms with Crippen LogP contribution in [-0.2, 0) is 17.8 Å². The molecule has 8 nitrogen and oxygen atoms in total. The molecular formula is C27H23FN4O4S. The predicted octanol–water partition coefficient (Wildman–Crippen LogP) is 5.07. The van der Waals surface area contributed by atoms with Gasteiger partial charge in [0.25, 0.3) is 17.2 Å². The summed E-state index contributed by atoms with van der Waals surface area (Å²) < 4.78 is 43.8. The number of carbonyl (C=O) groups is 1. The molecule has 0 aliphatic heterocycles. The van der Waals surface area contributed by atoms with Crippen LogP contribution in [0, 0.1) is 17.1 Å². The number of amides is 1. The number of nitriles is 1. The molecule has 4 aromatic rings. The van der Waals surface area contributed by atoms with Gasteiger partial charge < -0.3 is 15.5 Å². The lowest BCUT2D eigenvalue weighted by atomic mass is 10.00. The molecule has 1 fully saturated rings. The highest BCUT2D eigenvalue weighted by Gasteiger charge is 2.32. The highest BCUT2D eigenvalue weighted by Crippen LogP contribution is 2.48. The smallest absolute Gasteiger partial charge is 0.262 e. The van der Waals surface area contributed by atoms with E-state index in [-0.39, 0.29) is 29.7 Å². The fraction of sp³-hybridized carbons (Fsp3) is 0.185. The van der Waals surface area contributed by atoms with Crippen LogP contribution in [0.25, 0.3) is 22.3 Å². The quantitative estimate of drug-likeness (QED) is 0.231. The van der Waals surface area contributed by atoms with Gasteiger partial charge in [0.05, 0.1) is 23.4 Å². The van der Waals surface area contributed by atoms with Crippen LogP contribution in [0.15, 0.2) is 59.0 Å². The topological polar surface area (TPSA) is 133 Å². The summed E-state index contributed by atoms with van der Waals surface area (Å²) in [6.07, 6.45) is 1.81. The first-order valence-corrected chi connectivity index (χ1v) is 12.6. The number of halogens is 1. The van der Waals surface area contributed by atoms with E-state index in [1.165, 1.54) is 35.6 Å². The first-order valence-electron chi connectivity index (χ1n) is 11.6. The van der Waals surface area contributed by atoms with E-state index in [0.717, 1.165) is 18.4 Å². The van der Waals surface area contributed by atoms with Gasteiger partial charge in [-0.05, 0) is 72.4 Å². The average molecular weight is 519 g/mol. The Bertz CT molecular complexity index is 1590. The van der Waals surface area contributed by atoms with Crippen LogP contribution in [0.4, 0.5) is 15.8 Å². The molecule has 1 amide bonds. The number of furan rings is 1. The minimum atomic E-state index is -2.40. The van der Waals surface area contributed by atoms with Gasteiger partial charge in [-0.3, -0.25) is 13.7 Å². The molecule has 4 N–H and O–H groups in total. The Kier molecular flexibility index (Phi) is 6.41. The molecule has 1 aromatic heterocycles. The number of fused-ring (bicyclic) bond motifs is 1. The summed E-state index contributed by atoms with van der Waals surface area (Å²) in [6, 6.07) is 16.1. The first-order chi connectivity index (χ1) is 17.8. The number of hydrogen-bond donors (Lipinski definition) is 3. The number of hydrogen-bond acceptors (Lipinski definition) is 5. The van der Waals surface area contributed by atoms with Crippen LogP contribution in [-0.4, -0.2) is 21.7 Å². The van der Waals surface area contributed by atoms with Crippen molar-refractivity contribution in [3.05, 3.63) is 82.7 Å². The molecule has 10 heteroatoms. The van der Waals surface area contributed by atoms with Crippen molar-refractivity contribution >= 4 is 39.5 Å². The number of anilines is 2. The second-order valence-electron chi connectivity index (χ2n) is 8.87. The molecule has 188 valence electrons. The van der Waals surface area contributed by atoms with Gasteiger partial charge >= 0.3 is 0 Å².